The van der Waals surface area contributed by atoms with Crippen molar-refractivity contribution in [2.45, 2.75) is 51.2 Å². The molecule has 2 heterocycles. The number of urea groups is 1. The maximum Gasteiger partial charge on any atom is 0.323 e. The molecule has 2 N–H and O–H groups in total. The molecule has 150 valence electrons. The van der Waals surface area contributed by atoms with Crippen molar-refractivity contribution < 1.29 is 4.79 Å². The van der Waals surface area contributed by atoms with E-state index >= 15 is 0 Å². The number of nitrogens with one attached hydrogen (secondary N) is 2. The van der Waals surface area contributed by atoms with Crippen LogP contribution in [0.2, 0.25) is 0 Å². The minimum Gasteiger partial charge on any atom is -0.326 e. The lowest BCUT2D eigenvalue weighted by atomic mass is 9.94. The maximum atomic E-state index is 12.3. The lowest BCUT2D eigenvalue weighted by Gasteiger charge is -2.36. The van der Waals surface area contributed by atoms with Crippen molar-refractivity contribution in [3.63, 3.8) is 0 Å². The van der Waals surface area contributed by atoms with Gasteiger partial charge in [0.25, 0.3) is 0 Å². The van der Waals surface area contributed by atoms with E-state index in [1.165, 1.54) is 32.1 Å². The van der Waals surface area contributed by atoms with E-state index in [1.807, 2.05) is 42.5 Å². The second-order valence-electron chi connectivity index (χ2n) is 8.09. The molecule has 0 unspecified atom stereocenters. The van der Waals surface area contributed by atoms with E-state index in [4.69, 9.17) is 4.98 Å². The summed E-state index contributed by atoms with van der Waals surface area (Å²) in [5, 5.41) is 5.76. The summed E-state index contributed by atoms with van der Waals surface area (Å²) in [4.78, 5) is 19.8. The van der Waals surface area contributed by atoms with Crippen LogP contribution in [0.3, 0.4) is 0 Å². The van der Waals surface area contributed by atoms with E-state index in [1.54, 1.807) is 0 Å². The number of rotatable bonds is 3. The molecule has 2 amide bonds. The van der Waals surface area contributed by atoms with Crippen LogP contribution in [0, 0.1) is 0 Å². The van der Waals surface area contributed by atoms with E-state index in [9.17, 15) is 4.79 Å². The first-order valence-corrected chi connectivity index (χ1v) is 10.6. The van der Waals surface area contributed by atoms with Crippen molar-refractivity contribution >= 4 is 28.4 Å². The van der Waals surface area contributed by atoms with Crippen LogP contribution in [0.15, 0.2) is 48.5 Å². The molecule has 2 aliphatic rings. The SMILES string of the molecule is O=C(Nc1ccccc1)Nc1ccc2c(c1)nc1n2CCN(C2CCCCC2)C1. The van der Waals surface area contributed by atoms with Gasteiger partial charge < -0.3 is 15.2 Å². The number of anilines is 2. The Kier molecular flexibility index (Phi) is 4.94. The van der Waals surface area contributed by atoms with Crippen molar-refractivity contribution in [3.8, 4) is 0 Å². The van der Waals surface area contributed by atoms with E-state index in [-0.39, 0.29) is 6.03 Å². The fourth-order valence-corrected chi connectivity index (χ4v) is 4.69. The Labute approximate surface area is 170 Å². The molecule has 6 nitrogen and oxygen atoms in total. The standard InChI is InChI=1S/C23H27N5O/c29-23(24-17-7-3-1-4-8-17)25-18-11-12-21-20(15-18)26-22-16-27(13-14-28(21)22)19-9-5-2-6-10-19/h1,3-4,7-8,11-12,15,19H,2,5-6,9-10,13-14,16H2,(H2,24,25,29). The zero-order valence-corrected chi connectivity index (χ0v) is 16.6. The molecule has 1 saturated carbocycles. The average molecular weight is 390 g/mol. The fraction of sp³-hybridized carbons (Fsp3) is 0.391. The predicted octanol–water partition coefficient (Wildman–Crippen LogP) is 4.83. The van der Waals surface area contributed by atoms with E-state index < -0.39 is 0 Å². The van der Waals surface area contributed by atoms with Gasteiger partial charge in [-0.05, 0) is 43.2 Å². The van der Waals surface area contributed by atoms with Crippen molar-refractivity contribution in [2.75, 3.05) is 17.2 Å². The number of amides is 2. The van der Waals surface area contributed by atoms with Crippen LogP contribution in [0.4, 0.5) is 16.2 Å². The third-order valence-corrected chi connectivity index (χ3v) is 6.16. The zero-order chi connectivity index (χ0) is 19.6. The Morgan fingerprint density at radius 2 is 1.72 bits per heavy atom. The molecule has 0 atom stereocenters. The number of imidazole rings is 1. The third kappa shape index (κ3) is 3.85. The molecule has 1 aromatic heterocycles. The van der Waals surface area contributed by atoms with E-state index in [0.717, 1.165) is 53.9 Å². The summed E-state index contributed by atoms with van der Waals surface area (Å²) in [5.41, 5.74) is 3.62. The van der Waals surface area contributed by atoms with Gasteiger partial charge in [0.1, 0.15) is 5.82 Å². The molecule has 3 aromatic rings. The first-order valence-electron chi connectivity index (χ1n) is 10.6. The lowest BCUT2D eigenvalue weighted by molar-refractivity contribution is 0.122. The molecule has 2 aromatic carbocycles. The smallest absolute Gasteiger partial charge is 0.323 e. The summed E-state index contributed by atoms with van der Waals surface area (Å²) in [5.74, 6) is 1.14. The quantitative estimate of drug-likeness (QED) is 0.674. The van der Waals surface area contributed by atoms with Crippen LogP contribution >= 0.6 is 0 Å². The number of carbonyl (C=O) groups excluding carboxylic acids is 1. The van der Waals surface area contributed by atoms with Gasteiger partial charge in [-0.2, -0.15) is 0 Å². The summed E-state index contributed by atoms with van der Waals surface area (Å²) >= 11 is 0. The number of benzene rings is 2. The topological polar surface area (TPSA) is 62.2 Å². The molecule has 0 saturated heterocycles. The van der Waals surface area contributed by atoms with Crippen molar-refractivity contribution in [3.05, 3.63) is 54.4 Å². The molecule has 5 rings (SSSR count). The minimum atomic E-state index is -0.247. The Balaban J connectivity index is 1.31. The van der Waals surface area contributed by atoms with Crippen LogP contribution in [0.25, 0.3) is 11.0 Å². The first-order chi connectivity index (χ1) is 14.3. The number of aromatic nitrogens is 2. The van der Waals surface area contributed by atoms with Crippen molar-refractivity contribution in [1.29, 1.82) is 0 Å². The Morgan fingerprint density at radius 1 is 0.931 bits per heavy atom. The van der Waals surface area contributed by atoms with Gasteiger partial charge in [0.2, 0.25) is 0 Å². The molecule has 0 bridgehead atoms. The van der Waals surface area contributed by atoms with Gasteiger partial charge in [0, 0.05) is 30.5 Å². The molecule has 1 aliphatic carbocycles. The highest BCUT2D eigenvalue weighted by Gasteiger charge is 2.26. The molecular formula is C23H27N5O. The number of para-hydroxylation sites is 1. The molecule has 1 aliphatic heterocycles. The van der Waals surface area contributed by atoms with E-state index in [2.05, 4.69) is 26.2 Å². The summed E-state index contributed by atoms with van der Waals surface area (Å²) in [6.07, 6.45) is 6.75. The van der Waals surface area contributed by atoms with Gasteiger partial charge >= 0.3 is 6.03 Å². The van der Waals surface area contributed by atoms with Gasteiger partial charge in [-0.1, -0.05) is 37.5 Å². The predicted molar refractivity (Wildman–Crippen MR) is 116 cm³/mol. The summed E-state index contributed by atoms with van der Waals surface area (Å²) < 4.78 is 2.34. The molecular weight excluding hydrogens is 362 g/mol. The fourth-order valence-electron chi connectivity index (χ4n) is 4.69. The van der Waals surface area contributed by atoms with Gasteiger partial charge in [-0.3, -0.25) is 4.90 Å². The number of hydrogen-bond acceptors (Lipinski definition) is 3. The molecule has 0 spiro atoms. The highest BCUT2D eigenvalue weighted by Crippen LogP contribution is 2.28. The van der Waals surface area contributed by atoms with Crippen molar-refractivity contribution in [1.82, 2.24) is 14.5 Å². The monoisotopic (exact) mass is 389 g/mol. The van der Waals surface area contributed by atoms with Crippen LogP contribution in [-0.2, 0) is 13.1 Å². The zero-order valence-electron chi connectivity index (χ0n) is 16.6. The summed E-state index contributed by atoms with van der Waals surface area (Å²) in [7, 11) is 0. The van der Waals surface area contributed by atoms with Crippen LogP contribution in [-0.4, -0.2) is 33.1 Å². The van der Waals surface area contributed by atoms with E-state index in [0.29, 0.717) is 0 Å². The number of nitrogens with zero attached hydrogens (tertiary/aromatic N) is 3. The van der Waals surface area contributed by atoms with Gasteiger partial charge in [0.15, 0.2) is 0 Å². The van der Waals surface area contributed by atoms with Crippen LogP contribution in [0.5, 0.6) is 0 Å². The van der Waals surface area contributed by atoms with Crippen LogP contribution < -0.4 is 10.6 Å². The first kappa shape index (κ1) is 18.2. The second-order valence-corrected chi connectivity index (χ2v) is 8.09. The Bertz CT molecular complexity index is 1010. The van der Waals surface area contributed by atoms with Gasteiger partial charge in [-0.15, -0.1) is 0 Å². The van der Waals surface area contributed by atoms with Crippen LogP contribution in [0.1, 0.15) is 37.9 Å². The Hall–Kier alpha value is -2.86. The highest BCUT2D eigenvalue weighted by molar-refractivity contribution is 6.00. The molecule has 1 fully saturated rings. The molecule has 6 heteroatoms. The normalized spacial score (nSPS) is 17.8. The largest absolute Gasteiger partial charge is 0.326 e. The number of carbonyl (C=O) groups is 1. The Morgan fingerprint density at radius 3 is 2.55 bits per heavy atom. The molecule has 0 radical (unpaired) electrons. The van der Waals surface area contributed by atoms with Gasteiger partial charge in [0.05, 0.1) is 17.6 Å². The third-order valence-electron chi connectivity index (χ3n) is 6.16. The van der Waals surface area contributed by atoms with Gasteiger partial charge in [-0.25, -0.2) is 9.78 Å². The van der Waals surface area contributed by atoms with Crippen molar-refractivity contribution in [2.24, 2.45) is 0 Å². The maximum absolute atomic E-state index is 12.3. The number of fused-ring (bicyclic) bond motifs is 3. The number of hydrogen-bond donors (Lipinski definition) is 2. The second kappa shape index (κ2) is 7.87. The highest BCUT2D eigenvalue weighted by atomic mass is 16.2. The summed E-state index contributed by atoms with van der Waals surface area (Å²) in [6.45, 7) is 3.02. The lowest BCUT2D eigenvalue weighted by Crippen LogP contribution is -2.42. The summed E-state index contributed by atoms with van der Waals surface area (Å²) in [6, 6.07) is 15.9. The minimum absolute atomic E-state index is 0.247. The average Bonchev–Trinajstić information content (AvgIpc) is 3.12. The molecule has 29 heavy (non-hydrogen) atoms.